The number of nitrogens with one attached hydrogen (secondary N) is 1. The van der Waals surface area contributed by atoms with Crippen molar-refractivity contribution in [3.05, 3.63) is 46.6 Å². The highest BCUT2D eigenvalue weighted by atomic mass is 16.5. The molecule has 0 bridgehead atoms. The van der Waals surface area contributed by atoms with Gasteiger partial charge in [0.1, 0.15) is 5.75 Å². The molecule has 0 aliphatic carbocycles. The smallest absolute Gasteiger partial charge is 0.221 e. The zero-order chi connectivity index (χ0) is 18.0. The Kier molecular flexibility index (Phi) is 4.62. The molecular formula is C17H19N5O3. The summed E-state index contributed by atoms with van der Waals surface area (Å²) in [5, 5.41) is 21.0. The van der Waals surface area contributed by atoms with Gasteiger partial charge < -0.3 is 14.8 Å². The first kappa shape index (κ1) is 16.8. The quantitative estimate of drug-likeness (QED) is 0.659. The van der Waals surface area contributed by atoms with Crippen molar-refractivity contribution in [3.8, 4) is 17.3 Å². The average molecular weight is 341 g/mol. The van der Waals surface area contributed by atoms with Gasteiger partial charge in [-0.05, 0) is 36.8 Å². The molecule has 2 N–H and O–H groups in total. The molecule has 0 amide bonds. The van der Waals surface area contributed by atoms with E-state index in [0.717, 1.165) is 11.3 Å². The molecule has 0 aliphatic heterocycles. The second kappa shape index (κ2) is 6.86. The van der Waals surface area contributed by atoms with E-state index in [1.165, 1.54) is 4.80 Å². The van der Waals surface area contributed by atoms with Crippen LogP contribution in [0.1, 0.15) is 27.2 Å². The molecule has 2 heterocycles. The van der Waals surface area contributed by atoms with E-state index in [1.807, 2.05) is 13.8 Å². The number of aliphatic hydroxyl groups excluding tert-OH is 1. The average Bonchev–Trinajstić information content (AvgIpc) is 3.19. The predicted molar refractivity (Wildman–Crippen MR) is 90.6 cm³/mol. The van der Waals surface area contributed by atoms with E-state index < -0.39 is 0 Å². The molecule has 0 unspecified atom stereocenters. The molecule has 3 rings (SSSR count). The number of ether oxygens (including phenoxy) is 1. The Morgan fingerprint density at radius 1 is 1.36 bits per heavy atom. The number of hydrogen-bond acceptors (Lipinski definition) is 6. The number of rotatable bonds is 6. The van der Waals surface area contributed by atoms with Crippen LogP contribution in [0.15, 0.2) is 24.3 Å². The zero-order valence-corrected chi connectivity index (χ0v) is 14.3. The van der Waals surface area contributed by atoms with Crippen LogP contribution < -0.4 is 4.74 Å². The Bertz CT molecular complexity index is 913. The maximum absolute atomic E-state index is 12.9. The van der Waals surface area contributed by atoms with E-state index in [-0.39, 0.29) is 18.9 Å². The number of carbonyl (C=O) groups excluding carboxylic acids is 1. The van der Waals surface area contributed by atoms with Crippen LogP contribution in [0.25, 0.3) is 11.5 Å². The number of nitrogens with zero attached hydrogens (tertiary/aromatic N) is 4. The molecule has 0 radical (unpaired) electrons. The van der Waals surface area contributed by atoms with Gasteiger partial charge >= 0.3 is 0 Å². The lowest BCUT2D eigenvalue weighted by atomic mass is 9.99. The van der Waals surface area contributed by atoms with E-state index in [4.69, 9.17) is 9.84 Å². The van der Waals surface area contributed by atoms with Gasteiger partial charge in [-0.25, -0.2) is 0 Å². The van der Waals surface area contributed by atoms with Crippen LogP contribution in [0.2, 0.25) is 0 Å². The molecule has 3 aromatic rings. The van der Waals surface area contributed by atoms with Crippen LogP contribution in [0.3, 0.4) is 0 Å². The van der Waals surface area contributed by atoms with Gasteiger partial charge in [0.25, 0.3) is 0 Å². The third kappa shape index (κ3) is 3.16. The van der Waals surface area contributed by atoms with Gasteiger partial charge in [-0.2, -0.15) is 4.80 Å². The lowest BCUT2D eigenvalue weighted by Crippen LogP contribution is -2.05. The monoisotopic (exact) mass is 341 g/mol. The van der Waals surface area contributed by atoms with Crippen molar-refractivity contribution in [2.24, 2.45) is 0 Å². The van der Waals surface area contributed by atoms with Gasteiger partial charge in [0.05, 0.1) is 26.0 Å². The first-order chi connectivity index (χ1) is 12.0. The van der Waals surface area contributed by atoms with Gasteiger partial charge in [-0.3, -0.25) is 4.79 Å². The van der Waals surface area contributed by atoms with Gasteiger partial charge in [0, 0.05) is 16.8 Å². The van der Waals surface area contributed by atoms with Crippen molar-refractivity contribution >= 4 is 5.78 Å². The number of aromatic amines is 1. The van der Waals surface area contributed by atoms with E-state index in [1.54, 1.807) is 31.4 Å². The summed E-state index contributed by atoms with van der Waals surface area (Å²) in [6.07, 6.45) is 0. The van der Waals surface area contributed by atoms with Crippen molar-refractivity contribution in [2.75, 3.05) is 13.7 Å². The Labute approximate surface area is 144 Å². The van der Waals surface area contributed by atoms with Crippen LogP contribution >= 0.6 is 0 Å². The lowest BCUT2D eigenvalue weighted by molar-refractivity contribution is 0.103. The molecule has 0 aliphatic rings. The van der Waals surface area contributed by atoms with E-state index in [0.29, 0.717) is 28.4 Å². The Morgan fingerprint density at radius 3 is 2.88 bits per heavy atom. The van der Waals surface area contributed by atoms with Crippen molar-refractivity contribution in [1.82, 2.24) is 25.2 Å². The number of tetrazole rings is 1. The van der Waals surface area contributed by atoms with E-state index in [2.05, 4.69) is 20.4 Å². The van der Waals surface area contributed by atoms with Crippen molar-refractivity contribution < 1.29 is 14.6 Å². The van der Waals surface area contributed by atoms with Crippen LogP contribution in [0.5, 0.6) is 5.75 Å². The summed E-state index contributed by atoms with van der Waals surface area (Å²) >= 11 is 0. The van der Waals surface area contributed by atoms with Crippen LogP contribution in [-0.2, 0) is 6.54 Å². The summed E-state index contributed by atoms with van der Waals surface area (Å²) in [7, 11) is 1.57. The maximum atomic E-state index is 12.9. The fraction of sp³-hybridized carbons (Fsp3) is 0.294. The topological polar surface area (TPSA) is 106 Å². The minimum absolute atomic E-state index is 0.0713. The van der Waals surface area contributed by atoms with Crippen LogP contribution in [0, 0.1) is 13.8 Å². The second-order valence-electron chi connectivity index (χ2n) is 5.62. The van der Waals surface area contributed by atoms with Gasteiger partial charge in [0.15, 0.2) is 5.78 Å². The summed E-state index contributed by atoms with van der Waals surface area (Å²) in [6, 6.07) is 7.05. The summed E-state index contributed by atoms with van der Waals surface area (Å²) in [4.78, 5) is 17.4. The second-order valence-corrected chi connectivity index (χ2v) is 5.62. The highest BCUT2D eigenvalue weighted by Crippen LogP contribution is 2.27. The summed E-state index contributed by atoms with van der Waals surface area (Å²) < 4.78 is 5.19. The molecule has 8 heteroatoms. The number of hydrogen-bond donors (Lipinski definition) is 2. The number of methoxy groups -OCH3 is 1. The highest BCUT2D eigenvalue weighted by molar-refractivity contribution is 6.11. The molecule has 2 aromatic heterocycles. The first-order valence-electron chi connectivity index (χ1n) is 7.82. The summed E-state index contributed by atoms with van der Waals surface area (Å²) in [6.45, 7) is 3.88. The van der Waals surface area contributed by atoms with Crippen LogP contribution in [0.4, 0.5) is 0 Å². The number of benzene rings is 1. The largest absolute Gasteiger partial charge is 0.497 e. The number of H-pyrrole nitrogens is 1. The van der Waals surface area contributed by atoms with E-state index in [9.17, 15) is 4.79 Å². The molecule has 0 saturated carbocycles. The number of carbonyl (C=O) groups is 1. The predicted octanol–water partition coefficient (Wildman–Crippen LogP) is 1.52. The molecule has 8 nitrogen and oxygen atoms in total. The lowest BCUT2D eigenvalue weighted by Gasteiger charge is -2.05. The first-order valence-corrected chi connectivity index (χ1v) is 7.82. The minimum atomic E-state index is -0.0980. The van der Waals surface area contributed by atoms with Gasteiger partial charge in [-0.15, -0.1) is 10.2 Å². The zero-order valence-electron chi connectivity index (χ0n) is 14.3. The number of aromatic nitrogens is 5. The summed E-state index contributed by atoms with van der Waals surface area (Å²) in [5.74, 6) is 0.920. The van der Waals surface area contributed by atoms with Crippen molar-refractivity contribution in [2.45, 2.75) is 20.4 Å². The molecule has 0 saturated heterocycles. The third-order valence-corrected chi connectivity index (χ3v) is 3.97. The third-order valence-electron chi connectivity index (χ3n) is 3.97. The molecule has 130 valence electrons. The van der Waals surface area contributed by atoms with Gasteiger partial charge in [-0.1, -0.05) is 12.1 Å². The molecule has 0 spiro atoms. The molecule has 25 heavy (non-hydrogen) atoms. The summed E-state index contributed by atoms with van der Waals surface area (Å²) in [5.41, 5.74) is 3.27. The Balaban J connectivity index is 1.99. The number of ketones is 1. The highest BCUT2D eigenvalue weighted by Gasteiger charge is 2.22. The standard InChI is InChI=1S/C17H19N5O3/c1-10-14(16(24)12-5-4-6-13(9-12)25-3)11(2)18-15(10)17-19-21-22(20-17)7-8-23/h4-6,9,18,23H,7-8H2,1-3H3. The number of aliphatic hydroxyl groups is 1. The Morgan fingerprint density at radius 2 is 2.16 bits per heavy atom. The normalized spacial score (nSPS) is 10.9. The Hall–Kier alpha value is -3.00. The number of aryl methyl sites for hydroxylation is 1. The SMILES string of the molecule is COc1cccc(C(=O)c2c(C)[nH]c(-c3nnn(CCO)n3)c2C)c1. The minimum Gasteiger partial charge on any atom is -0.497 e. The van der Waals surface area contributed by atoms with Crippen molar-refractivity contribution in [1.29, 1.82) is 0 Å². The van der Waals surface area contributed by atoms with E-state index >= 15 is 0 Å². The molecule has 1 aromatic carbocycles. The molecular weight excluding hydrogens is 322 g/mol. The van der Waals surface area contributed by atoms with Gasteiger partial charge in [0.2, 0.25) is 5.82 Å². The van der Waals surface area contributed by atoms with Crippen molar-refractivity contribution in [3.63, 3.8) is 0 Å². The fourth-order valence-corrected chi connectivity index (χ4v) is 2.75. The maximum Gasteiger partial charge on any atom is 0.221 e. The molecule has 0 atom stereocenters. The fourth-order valence-electron chi connectivity index (χ4n) is 2.75. The van der Waals surface area contributed by atoms with Crippen LogP contribution in [-0.4, -0.2) is 49.8 Å². The molecule has 0 fully saturated rings.